The average molecular weight is 542 g/mol. The van der Waals surface area contributed by atoms with Gasteiger partial charge >= 0.3 is 0 Å². The van der Waals surface area contributed by atoms with Crippen LogP contribution in [0.5, 0.6) is 11.5 Å². The smallest absolute Gasteiger partial charge is 0.242 e. The Kier molecular flexibility index (Phi) is 7.34. The highest BCUT2D eigenvalue weighted by molar-refractivity contribution is 6.33. The van der Waals surface area contributed by atoms with Crippen molar-refractivity contribution in [3.05, 3.63) is 81.3 Å². The largest absolute Gasteiger partial charge is 0.550 e. The number of halogens is 2. The number of anilines is 2. The summed E-state index contributed by atoms with van der Waals surface area (Å²) in [6, 6.07) is 15.2. The third-order valence-corrected chi connectivity index (χ3v) is 6.94. The number of rotatable bonds is 8. The first kappa shape index (κ1) is 26.3. The van der Waals surface area contributed by atoms with Crippen molar-refractivity contribution in [2.75, 3.05) is 24.4 Å². The molecule has 0 aliphatic carbocycles. The van der Waals surface area contributed by atoms with Crippen molar-refractivity contribution in [1.82, 2.24) is 0 Å². The van der Waals surface area contributed by atoms with Gasteiger partial charge in [0.2, 0.25) is 11.8 Å². The van der Waals surface area contributed by atoms with E-state index in [1.165, 1.54) is 6.07 Å². The number of methoxy groups -OCH3 is 2. The maximum Gasteiger partial charge on any atom is 0.242 e. The molecule has 0 saturated carbocycles. The predicted molar refractivity (Wildman–Crippen MR) is 138 cm³/mol. The molecule has 10 heteroatoms. The zero-order valence-corrected chi connectivity index (χ0v) is 21.8. The Hall–Kier alpha value is -3.75. The van der Waals surface area contributed by atoms with E-state index >= 15 is 0 Å². The summed E-state index contributed by atoms with van der Waals surface area (Å²) in [4.78, 5) is 38.6. The minimum absolute atomic E-state index is 0.204. The number of benzene rings is 3. The highest BCUT2D eigenvalue weighted by atomic mass is 35.5. The zero-order valence-electron chi connectivity index (χ0n) is 20.3. The van der Waals surface area contributed by atoms with E-state index in [1.54, 1.807) is 68.5 Å². The van der Waals surface area contributed by atoms with Crippen LogP contribution in [0.15, 0.2) is 54.6 Å². The molecule has 8 nitrogen and oxygen atoms in total. The number of carbonyl (C=O) groups excluding carboxylic acids is 3. The number of fused-ring (bicyclic) bond motifs is 1. The summed E-state index contributed by atoms with van der Waals surface area (Å²) in [5.74, 6) is -1.34. The molecule has 3 aromatic rings. The molecule has 1 heterocycles. The van der Waals surface area contributed by atoms with Crippen molar-refractivity contribution < 1.29 is 29.0 Å². The van der Waals surface area contributed by atoms with E-state index in [2.05, 4.69) is 5.32 Å². The van der Waals surface area contributed by atoms with Gasteiger partial charge in [-0.2, -0.15) is 0 Å². The van der Waals surface area contributed by atoms with Crippen LogP contribution in [-0.2, 0) is 26.3 Å². The standard InChI is InChI=1S/C27H24Cl2N2O6/c1-27(19-11-17(6-8-21(19)29)30-24(32)13-25(33)34)20-10-16(28)5-9-22(20)31(26(27)35)14-15-4-7-18(36-2)12-23(15)37-3/h4-12H,13-14H2,1-3H3,(H,30,32)(H,33,34)/p-1. The second kappa shape index (κ2) is 10.3. The van der Waals surface area contributed by atoms with Crippen LogP contribution in [0.3, 0.4) is 0 Å². The minimum Gasteiger partial charge on any atom is -0.550 e. The van der Waals surface area contributed by atoms with Crippen molar-refractivity contribution in [3.8, 4) is 11.5 Å². The minimum atomic E-state index is -1.50. The molecule has 0 bridgehead atoms. The molecule has 2 amide bonds. The number of carbonyl (C=O) groups is 3. The molecular formula is C27H23Cl2N2O6-. The van der Waals surface area contributed by atoms with E-state index in [-0.39, 0.29) is 12.5 Å². The lowest BCUT2D eigenvalue weighted by molar-refractivity contribution is -0.304. The fourth-order valence-corrected chi connectivity index (χ4v) is 5.01. The van der Waals surface area contributed by atoms with Gasteiger partial charge in [-0.05, 0) is 66.6 Å². The van der Waals surface area contributed by atoms with Gasteiger partial charge in [0.25, 0.3) is 0 Å². The highest BCUT2D eigenvalue weighted by Gasteiger charge is 2.50. The van der Waals surface area contributed by atoms with Crippen molar-refractivity contribution in [2.45, 2.75) is 25.3 Å². The van der Waals surface area contributed by atoms with Crippen LogP contribution >= 0.6 is 23.2 Å². The lowest BCUT2D eigenvalue weighted by Gasteiger charge is -2.27. The Morgan fingerprint density at radius 1 is 1.00 bits per heavy atom. The van der Waals surface area contributed by atoms with Gasteiger partial charge in [-0.25, -0.2) is 0 Å². The number of hydrogen-bond acceptors (Lipinski definition) is 6. The van der Waals surface area contributed by atoms with E-state index in [9.17, 15) is 19.5 Å². The van der Waals surface area contributed by atoms with Gasteiger partial charge in [0, 0.05) is 33.0 Å². The summed E-state index contributed by atoms with van der Waals surface area (Å²) in [7, 11) is 3.10. The topological polar surface area (TPSA) is 108 Å². The molecule has 3 aromatic carbocycles. The van der Waals surface area contributed by atoms with Crippen LogP contribution < -0.4 is 24.8 Å². The highest BCUT2D eigenvalue weighted by Crippen LogP contribution is 2.50. The number of nitrogens with one attached hydrogen (secondary N) is 1. The number of ether oxygens (including phenoxy) is 2. The summed E-state index contributed by atoms with van der Waals surface area (Å²) < 4.78 is 10.8. The fraction of sp³-hybridized carbons (Fsp3) is 0.222. The maximum absolute atomic E-state index is 14.1. The van der Waals surface area contributed by atoms with E-state index < -0.39 is 23.7 Å². The Bertz CT molecular complexity index is 1410. The normalized spacial score (nSPS) is 16.4. The molecule has 0 fully saturated rings. The van der Waals surface area contributed by atoms with Crippen molar-refractivity contribution in [3.63, 3.8) is 0 Å². The van der Waals surface area contributed by atoms with Crippen LogP contribution in [0.4, 0.5) is 11.4 Å². The molecule has 0 saturated heterocycles. The van der Waals surface area contributed by atoms with Gasteiger partial charge in [0.1, 0.15) is 16.9 Å². The molecule has 0 radical (unpaired) electrons. The van der Waals surface area contributed by atoms with E-state index in [0.29, 0.717) is 44.0 Å². The van der Waals surface area contributed by atoms with Gasteiger partial charge < -0.3 is 29.6 Å². The van der Waals surface area contributed by atoms with Crippen LogP contribution in [-0.4, -0.2) is 32.0 Å². The molecule has 37 heavy (non-hydrogen) atoms. The monoisotopic (exact) mass is 541 g/mol. The number of carboxylic acid groups (broad SMARTS) is 1. The van der Waals surface area contributed by atoms with Gasteiger partial charge in [-0.15, -0.1) is 0 Å². The first-order valence-corrected chi connectivity index (χ1v) is 12.0. The number of carboxylic acids is 1. The third-order valence-electron chi connectivity index (χ3n) is 6.38. The summed E-state index contributed by atoms with van der Waals surface area (Å²) in [6.45, 7) is 1.94. The van der Waals surface area contributed by atoms with Crippen LogP contribution in [0.2, 0.25) is 10.0 Å². The zero-order chi connectivity index (χ0) is 26.9. The van der Waals surface area contributed by atoms with E-state index in [1.807, 2.05) is 6.07 Å². The second-order valence-corrected chi connectivity index (χ2v) is 9.49. The molecule has 1 atom stereocenters. The molecular weight excluding hydrogens is 519 g/mol. The Morgan fingerprint density at radius 2 is 1.76 bits per heavy atom. The molecule has 192 valence electrons. The number of aliphatic carboxylic acids is 1. The molecule has 0 spiro atoms. The fourth-order valence-electron chi connectivity index (χ4n) is 4.53. The van der Waals surface area contributed by atoms with E-state index in [0.717, 1.165) is 5.56 Å². The molecule has 1 aliphatic rings. The predicted octanol–water partition coefficient (Wildman–Crippen LogP) is 3.94. The lowest BCUT2D eigenvalue weighted by atomic mass is 9.77. The molecule has 4 rings (SSSR count). The molecule has 0 aromatic heterocycles. The Labute approximate surface area is 223 Å². The van der Waals surface area contributed by atoms with Gasteiger partial charge in [0.15, 0.2) is 0 Å². The Balaban J connectivity index is 1.79. The first-order chi connectivity index (χ1) is 17.6. The second-order valence-electron chi connectivity index (χ2n) is 8.65. The van der Waals surface area contributed by atoms with Crippen molar-refractivity contribution >= 4 is 52.4 Å². The summed E-state index contributed by atoms with van der Waals surface area (Å²) in [5, 5.41) is 14.0. The maximum atomic E-state index is 14.1. The number of nitrogens with zero attached hydrogens (tertiary/aromatic N) is 1. The summed E-state index contributed by atoms with van der Waals surface area (Å²) in [6.07, 6.45) is -0.802. The summed E-state index contributed by atoms with van der Waals surface area (Å²) >= 11 is 12.9. The van der Waals surface area contributed by atoms with E-state index in [4.69, 9.17) is 32.7 Å². The molecule has 1 N–H and O–H groups in total. The first-order valence-electron chi connectivity index (χ1n) is 11.2. The molecule has 1 aliphatic heterocycles. The lowest BCUT2D eigenvalue weighted by Crippen LogP contribution is -2.39. The average Bonchev–Trinajstić information content (AvgIpc) is 3.06. The summed E-state index contributed by atoms with van der Waals surface area (Å²) in [5.41, 5.74) is 1.51. The van der Waals surface area contributed by atoms with Gasteiger partial charge in [-0.1, -0.05) is 23.2 Å². The Morgan fingerprint density at radius 3 is 2.43 bits per heavy atom. The van der Waals surface area contributed by atoms with Crippen molar-refractivity contribution in [1.29, 1.82) is 0 Å². The third kappa shape index (κ3) is 4.95. The molecule has 1 unspecified atom stereocenters. The number of hydrogen-bond donors (Lipinski definition) is 1. The SMILES string of the molecule is COc1ccc(CN2C(=O)C(C)(c3cc(NC(=O)CC(=O)[O-])ccc3Cl)c3cc(Cl)ccc32)c(OC)c1. The van der Waals surface area contributed by atoms with Crippen molar-refractivity contribution in [2.24, 2.45) is 0 Å². The van der Waals surface area contributed by atoms with Crippen LogP contribution in [0.1, 0.15) is 30.0 Å². The van der Waals surface area contributed by atoms with Crippen LogP contribution in [0, 0.1) is 0 Å². The number of amides is 2. The van der Waals surface area contributed by atoms with Gasteiger partial charge in [0.05, 0.1) is 33.2 Å². The van der Waals surface area contributed by atoms with Gasteiger partial charge in [-0.3, -0.25) is 9.59 Å². The quantitative estimate of drug-likeness (QED) is 0.432. The van der Waals surface area contributed by atoms with Crippen LogP contribution in [0.25, 0.3) is 0 Å².